The largest absolute Gasteiger partial charge is 0.493 e. The number of aryl methyl sites for hydroxylation is 1. The molecule has 1 saturated heterocycles. The van der Waals surface area contributed by atoms with Gasteiger partial charge in [0, 0.05) is 37.5 Å². The zero-order chi connectivity index (χ0) is 24.4. The number of hydrogen-bond acceptors (Lipinski definition) is 7. The summed E-state index contributed by atoms with van der Waals surface area (Å²) < 4.78 is 38.5. The van der Waals surface area contributed by atoms with Crippen LogP contribution in [0.1, 0.15) is 18.9 Å². The molecule has 1 fully saturated rings. The number of hydrogen-bond donors (Lipinski definition) is 1. The van der Waals surface area contributed by atoms with Gasteiger partial charge in [-0.3, -0.25) is 4.79 Å². The number of nitrogens with two attached hydrogens (primary N) is 1. The van der Waals surface area contributed by atoms with Gasteiger partial charge in [-0.1, -0.05) is 12.1 Å². The van der Waals surface area contributed by atoms with Crippen molar-refractivity contribution in [3.8, 4) is 11.5 Å². The van der Waals surface area contributed by atoms with Crippen LogP contribution in [0.25, 0.3) is 10.9 Å². The van der Waals surface area contributed by atoms with E-state index in [4.69, 9.17) is 15.2 Å². The normalized spacial score (nSPS) is 16.1. The number of aromatic nitrogens is 2. The topological polar surface area (TPSA) is 93.8 Å². The van der Waals surface area contributed by atoms with Crippen molar-refractivity contribution in [2.24, 2.45) is 0 Å². The van der Waals surface area contributed by atoms with E-state index in [9.17, 15) is 9.18 Å². The zero-order valence-corrected chi connectivity index (χ0v) is 19.3. The number of anilines is 2. The number of piperazine rings is 1. The molecule has 34 heavy (non-hydrogen) atoms. The van der Waals surface area contributed by atoms with E-state index in [2.05, 4.69) is 9.97 Å². The molecule has 1 aliphatic heterocycles. The van der Waals surface area contributed by atoms with Crippen LogP contribution < -0.4 is 20.1 Å². The Morgan fingerprint density at radius 1 is 1.15 bits per heavy atom. The van der Waals surface area contributed by atoms with Gasteiger partial charge in [0.2, 0.25) is 11.9 Å². The molecular formula is C24H27F2N5O3. The molecule has 1 aliphatic rings. The Kier molecular flexibility index (Phi) is 6.67. The lowest BCUT2D eigenvalue weighted by Gasteiger charge is -2.40. The van der Waals surface area contributed by atoms with Crippen LogP contribution in [-0.2, 0) is 11.2 Å². The summed E-state index contributed by atoms with van der Waals surface area (Å²) in [5.74, 6) is -0.367. The number of carbonyl (C=O) groups excluding carboxylic acids is 1. The Hall–Kier alpha value is -3.69. The summed E-state index contributed by atoms with van der Waals surface area (Å²) in [5.41, 5.74) is 7.10. The van der Waals surface area contributed by atoms with Crippen molar-refractivity contribution in [3.63, 3.8) is 0 Å². The number of carbonyl (C=O) groups is 1. The number of ether oxygens (including phenoxy) is 2. The van der Waals surface area contributed by atoms with Crippen molar-refractivity contribution >= 4 is 28.6 Å². The maximum absolute atomic E-state index is 15.1. The fraction of sp³-hybridized carbons (Fsp3) is 0.375. The molecule has 1 atom stereocenters. The molecule has 2 aromatic carbocycles. The molecule has 2 N–H and O–H groups in total. The number of methoxy groups -OCH3 is 2. The summed E-state index contributed by atoms with van der Waals surface area (Å²) in [6, 6.07) is 7.61. The minimum absolute atomic E-state index is 0.0256. The van der Waals surface area contributed by atoms with Gasteiger partial charge in [-0.2, -0.15) is 4.98 Å². The van der Waals surface area contributed by atoms with Crippen molar-refractivity contribution in [1.82, 2.24) is 14.9 Å². The van der Waals surface area contributed by atoms with Crippen LogP contribution in [0.15, 0.2) is 30.3 Å². The van der Waals surface area contributed by atoms with Crippen LogP contribution in [0.2, 0.25) is 0 Å². The first-order valence-electron chi connectivity index (χ1n) is 11.0. The average molecular weight is 472 g/mol. The molecule has 0 spiro atoms. The van der Waals surface area contributed by atoms with Crippen molar-refractivity contribution in [1.29, 1.82) is 0 Å². The van der Waals surface area contributed by atoms with E-state index in [1.54, 1.807) is 23.1 Å². The highest BCUT2D eigenvalue weighted by Crippen LogP contribution is 2.37. The first-order chi connectivity index (χ1) is 16.3. The molecule has 0 radical (unpaired) electrons. The van der Waals surface area contributed by atoms with Crippen molar-refractivity contribution in [3.05, 3.63) is 47.5 Å². The van der Waals surface area contributed by atoms with Crippen LogP contribution in [0.5, 0.6) is 11.5 Å². The number of rotatable bonds is 6. The highest BCUT2D eigenvalue weighted by atomic mass is 19.1. The van der Waals surface area contributed by atoms with Gasteiger partial charge in [0.05, 0.1) is 14.2 Å². The van der Waals surface area contributed by atoms with Gasteiger partial charge in [-0.05, 0) is 37.1 Å². The van der Waals surface area contributed by atoms with Crippen LogP contribution >= 0.6 is 0 Å². The second-order valence-electron chi connectivity index (χ2n) is 8.24. The predicted octanol–water partition coefficient (Wildman–Crippen LogP) is 3.18. The standard InChI is InChI=1S/C24H27F2N5O3/c1-14-13-30(19(32)9-6-15-4-7-16(25)8-5-15)10-11-31(14)24-28-21-17(23(27)29-24)12-18(33-2)22(34-3)20(21)26/h4-5,7-8,12,14H,6,9-11,13H2,1-3H3,(H2,27,28,29). The minimum atomic E-state index is -0.672. The molecule has 0 aliphatic carbocycles. The van der Waals surface area contributed by atoms with Crippen LogP contribution in [0.3, 0.4) is 0 Å². The summed E-state index contributed by atoms with van der Waals surface area (Å²) in [5, 5.41) is 0.334. The molecular weight excluding hydrogens is 444 g/mol. The number of nitrogen functional groups attached to an aromatic ring is 1. The first kappa shape index (κ1) is 23.5. The monoisotopic (exact) mass is 471 g/mol. The van der Waals surface area contributed by atoms with E-state index >= 15 is 4.39 Å². The van der Waals surface area contributed by atoms with Crippen LogP contribution in [0.4, 0.5) is 20.5 Å². The highest BCUT2D eigenvalue weighted by Gasteiger charge is 2.29. The Bertz CT molecular complexity index is 1210. The van der Waals surface area contributed by atoms with E-state index in [0.29, 0.717) is 43.8 Å². The fourth-order valence-electron chi connectivity index (χ4n) is 4.21. The molecule has 1 aromatic heterocycles. The molecule has 8 nitrogen and oxygen atoms in total. The lowest BCUT2D eigenvalue weighted by atomic mass is 10.1. The minimum Gasteiger partial charge on any atom is -0.493 e. The van der Waals surface area contributed by atoms with E-state index in [0.717, 1.165) is 5.56 Å². The molecule has 2 heterocycles. The third kappa shape index (κ3) is 4.52. The van der Waals surface area contributed by atoms with E-state index in [1.165, 1.54) is 26.4 Å². The van der Waals surface area contributed by atoms with Gasteiger partial charge >= 0.3 is 0 Å². The smallest absolute Gasteiger partial charge is 0.228 e. The molecule has 0 bridgehead atoms. The Labute approximate surface area is 196 Å². The number of nitrogens with zero attached hydrogens (tertiary/aromatic N) is 4. The number of fused-ring (bicyclic) bond motifs is 1. The highest BCUT2D eigenvalue weighted by molar-refractivity contribution is 5.92. The third-order valence-corrected chi connectivity index (χ3v) is 6.07. The Morgan fingerprint density at radius 3 is 2.53 bits per heavy atom. The fourth-order valence-corrected chi connectivity index (χ4v) is 4.21. The molecule has 10 heteroatoms. The van der Waals surface area contributed by atoms with Gasteiger partial charge in [-0.15, -0.1) is 0 Å². The average Bonchev–Trinajstić information content (AvgIpc) is 2.83. The van der Waals surface area contributed by atoms with Crippen molar-refractivity contribution in [2.45, 2.75) is 25.8 Å². The molecule has 0 saturated carbocycles. The van der Waals surface area contributed by atoms with Gasteiger partial charge in [0.25, 0.3) is 0 Å². The van der Waals surface area contributed by atoms with E-state index < -0.39 is 5.82 Å². The first-order valence-corrected chi connectivity index (χ1v) is 11.0. The van der Waals surface area contributed by atoms with Gasteiger partial charge in [-0.25, -0.2) is 13.8 Å². The lowest BCUT2D eigenvalue weighted by Crippen LogP contribution is -2.54. The number of halogens is 2. The Balaban J connectivity index is 1.49. The summed E-state index contributed by atoms with van der Waals surface area (Å²) >= 11 is 0. The second kappa shape index (κ2) is 9.66. The molecule has 180 valence electrons. The maximum Gasteiger partial charge on any atom is 0.228 e. The zero-order valence-electron chi connectivity index (χ0n) is 19.3. The summed E-state index contributed by atoms with van der Waals surface area (Å²) in [4.78, 5) is 25.3. The van der Waals surface area contributed by atoms with Crippen LogP contribution in [0, 0.1) is 11.6 Å². The molecule has 1 amide bonds. The maximum atomic E-state index is 15.1. The van der Waals surface area contributed by atoms with E-state index in [-0.39, 0.29) is 40.6 Å². The Morgan fingerprint density at radius 2 is 1.88 bits per heavy atom. The molecule has 4 rings (SSSR count). The lowest BCUT2D eigenvalue weighted by molar-refractivity contribution is -0.131. The molecule has 3 aromatic rings. The SMILES string of the molecule is COc1cc2c(N)nc(N3CCN(C(=O)CCc4ccc(F)cc4)CC3C)nc2c(F)c1OC. The number of benzene rings is 2. The van der Waals surface area contributed by atoms with Crippen molar-refractivity contribution < 1.29 is 23.0 Å². The predicted molar refractivity (Wildman–Crippen MR) is 125 cm³/mol. The summed E-state index contributed by atoms with van der Waals surface area (Å²) in [6.45, 7) is 3.37. The number of amides is 1. The van der Waals surface area contributed by atoms with Gasteiger partial charge in [0.15, 0.2) is 17.3 Å². The second-order valence-corrected chi connectivity index (χ2v) is 8.24. The molecule has 1 unspecified atom stereocenters. The van der Waals surface area contributed by atoms with Crippen molar-refractivity contribution in [2.75, 3.05) is 44.5 Å². The van der Waals surface area contributed by atoms with Crippen LogP contribution in [-0.4, -0.2) is 60.7 Å². The van der Waals surface area contributed by atoms with Gasteiger partial charge < -0.3 is 25.0 Å². The summed E-state index contributed by atoms with van der Waals surface area (Å²) in [7, 11) is 2.77. The third-order valence-electron chi connectivity index (χ3n) is 6.07. The van der Waals surface area contributed by atoms with Gasteiger partial charge in [0.1, 0.15) is 17.2 Å². The van der Waals surface area contributed by atoms with E-state index in [1.807, 2.05) is 11.8 Å². The quantitative estimate of drug-likeness (QED) is 0.590. The summed E-state index contributed by atoms with van der Waals surface area (Å²) in [6.07, 6.45) is 0.882.